The Morgan fingerprint density at radius 1 is 0.697 bits per heavy atom. The summed E-state index contributed by atoms with van der Waals surface area (Å²) in [4.78, 5) is 21.1. The molecule has 0 aliphatic carbocycles. The second-order valence-corrected chi connectivity index (χ2v) is 8.82. The van der Waals surface area contributed by atoms with Crippen LogP contribution in [-0.4, -0.2) is 23.7 Å². The average molecular weight is 429 g/mol. The van der Waals surface area contributed by atoms with E-state index in [9.17, 15) is 4.79 Å². The maximum atomic E-state index is 14.2. The number of hydrogen-bond donors (Lipinski definition) is 0. The van der Waals surface area contributed by atoms with Crippen molar-refractivity contribution in [2.75, 3.05) is 4.90 Å². The SMILES string of the molecule is Cc1ccc(N2C(=O)C(c3ccccc3)(c3ccccc3)C2C2N=C2c2ccccc2)cc1. The predicted octanol–water partition coefficient (Wildman–Crippen LogP) is 5.57. The quantitative estimate of drug-likeness (QED) is 0.383. The van der Waals surface area contributed by atoms with Crippen molar-refractivity contribution < 1.29 is 4.79 Å². The zero-order chi connectivity index (χ0) is 22.4. The van der Waals surface area contributed by atoms with Crippen molar-refractivity contribution in [2.24, 2.45) is 4.99 Å². The van der Waals surface area contributed by atoms with Gasteiger partial charge >= 0.3 is 0 Å². The Morgan fingerprint density at radius 3 is 1.76 bits per heavy atom. The zero-order valence-electron chi connectivity index (χ0n) is 18.4. The Morgan fingerprint density at radius 2 is 1.21 bits per heavy atom. The van der Waals surface area contributed by atoms with E-state index >= 15 is 0 Å². The molecule has 2 unspecified atom stereocenters. The number of anilines is 1. The molecule has 6 rings (SSSR count). The third kappa shape index (κ3) is 2.96. The molecule has 1 fully saturated rings. The van der Waals surface area contributed by atoms with Crippen molar-refractivity contribution in [3.8, 4) is 0 Å². The van der Waals surface area contributed by atoms with Crippen LogP contribution in [0.1, 0.15) is 22.3 Å². The van der Waals surface area contributed by atoms with E-state index < -0.39 is 5.41 Å². The first-order valence-corrected chi connectivity index (χ1v) is 11.4. The van der Waals surface area contributed by atoms with E-state index in [2.05, 4.69) is 55.5 Å². The van der Waals surface area contributed by atoms with Crippen molar-refractivity contribution in [1.29, 1.82) is 0 Å². The maximum Gasteiger partial charge on any atom is 0.244 e. The van der Waals surface area contributed by atoms with Gasteiger partial charge in [-0.2, -0.15) is 0 Å². The molecule has 4 aromatic carbocycles. The number of benzene rings is 4. The first-order chi connectivity index (χ1) is 16.2. The van der Waals surface area contributed by atoms with Gasteiger partial charge in [0.15, 0.2) is 0 Å². The van der Waals surface area contributed by atoms with E-state index in [-0.39, 0.29) is 18.0 Å². The second-order valence-electron chi connectivity index (χ2n) is 8.82. The molecule has 0 bridgehead atoms. The summed E-state index contributed by atoms with van der Waals surface area (Å²) in [6.07, 6.45) is 0. The normalized spacial score (nSPS) is 20.7. The van der Waals surface area contributed by atoms with Crippen LogP contribution in [0.15, 0.2) is 120 Å². The minimum Gasteiger partial charge on any atom is -0.304 e. The molecule has 2 aliphatic rings. The van der Waals surface area contributed by atoms with Crippen molar-refractivity contribution in [3.63, 3.8) is 0 Å². The Bertz CT molecular complexity index is 1290. The largest absolute Gasteiger partial charge is 0.304 e. The summed E-state index contributed by atoms with van der Waals surface area (Å²) in [6.45, 7) is 2.06. The van der Waals surface area contributed by atoms with Crippen LogP contribution in [0.25, 0.3) is 0 Å². The molecule has 0 saturated carbocycles. The molecule has 3 nitrogen and oxygen atoms in total. The van der Waals surface area contributed by atoms with Crippen LogP contribution >= 0.6 is 0 Å². The lowest BCUT2D eigenvalue weighted by Gasteiger charge is -2.56. The highest BCUT2D eigenvalue weighted by atomic mass is 16.2. The lowest BCUT2D eigenvalue weighted by atomic mass is 9.59. The second kappa shape index (κ2) is 7.56. The molecule has 3 heteroatoms. The summed E-state index contributed by atoms with van der Waals surface area (Å²) in [5.74, 6) is 0.100. The van der Waals surface area contributed by atoms with Gasteiger partial charge < -0.3 is 4.90 Å². The zero-order valence-corrected chi connectivity index (χ0v) is 18.4. The van der Waals surface area contributed by atoms with Gasteiger partial charge in [0, 0.05) is 5.69 Å². The molecule has 160 valence electrons. The number of hydrogen-bond acceptors (Lipinski definition) is 2. The number of nitrogens with zero attached hydrogens (tertiary/aromatic N) is 2. The first-order valence-electron chi connectivity index (χ1n) is 11.4. The number of carbonyl (C=O) groups excluding carboxylic acids is 1. The number of β-lactam (4-membered cyclic amide) rings is 1. The van der Waals surface area contributed by atoms with Gasteiger partial charge in [0.2, 0.25) is 5.91 Å². The molecule has 1 amide bonds. The summed E-state index contributed by atoms with van der Waals surface area (Å²) >= 11 is 0. The number of rotatable bonds is 5. The minimum absolute atomic E-state index is 0.0492. The number of aliphatic imine (C=N–C) groups is 1. The monoisotopic (exact) mass is 428 g/mol. The van der Waals surface area contributed by atoms with Crippen LogP contribution in [-0.2, 0) is 10.2 Å². The van der Waals surface area contributed by atoms with Gasteiger partial charge in [0.25, 0.3) is 0 Å². The van der Waals surface area contributed by atoms with Crippen LogP contribution in [0.5, 0.6) is 0 Å². The maximum absolute atomic E-state index is 14.2. The lowest BCUT2D eigenvalue weighted by Crippen LogP contribution is -2.75. The smallest absolute Gasteiger partial charge is 0.244 e. The number of amides is 1. The van der Waals surface area contributed by atoms with Gasteiger partial charge in [0.05, 0.1) is 11.8 Å². The Kier molecular flexibility index (Phi) is 4.51. The minimum atomic E-state index is -0.780. The number of aryl methyl sites for hydroxylation is 1. The molecule has 2 aliphatic heterocycles. The summed E-state index contributed by atoms with van der Waals surface area (Å²) in [5, 5.41) is 0. The highest BCUT2D eigenvalue weighted by molar-refractivity contribution is 6.20. The van der Waals surface area contributed by atoms with Crippen molar-refractivity contribution in [1.82, 2.24) is 0 Å². The van der Waals surface area contributed by atoms with E-state index in [1.807, 2.05) is 71.6 Å². The molecule has 1 saturated heterocycles. The van der Waals surface area contributed by atoms with Gasteiger partial charge in [-0.05, 0) is 35.7 Å². The molecular formula is C30H24N2O. The van der Waals surface area contributed by atoms with Gasteiger partial charge in [-0.25, -0.2) is 0 Å². The van der Waals surface area contributed by atoms with E-state index in [0.29, 0.717) is 0 Å². The topological polar surface area (TPSA) is 32.7 Å². The Hall–Kier alpha value is -3.98. The average Bonchev–Trinajstić information content (AvgIpc) is 3.66. The Labute approximate surface area is 194 Å². The molecule has 33 heavy (non-hydrogen) atoms. The number of carbonyl (C=O) groups is 1. The summed E-state index contributed by atoms with van der Waals surface area (Å²) in [7, 11) is 0. The summed E-state index contributed by atoms with van der Waals surface area (Å²) < 4.78 is 0. The molecule has 2 atom stereocenters. The van der Waals surface area contributed by atoms with E-state index in [0.717, 1.165) is 28.1 Å². The molecule has 0 aromatic heterocycles. The predicted molar refractivity (Wildman–Crippen MR) is 133 cm³/mol. The van der Waals surface area contributed by atoms with Crippen molar-refractivity contribution in [3.05, 3.63) is 138 Å². The van der Waals surface area contributed by atoms with Crippen LogP contribution < -0.4 is 4.90 Å². The van der Waals surface area contributed by atoms with Gasteiger partial charge in [0.1, 0.15) is 11.5 Å². The van der Waals surface area contributed by atoms with E-state index in [1.54, 1.807) is 0 Å². The third-order valence-corrected chi connectivity index (χ3v) is 6.91. The molecule has 0 radical (unpaired) electrons. The standard InChI is InChI=1S/C30H24N2O/c1-21-17-19-25(20-18-21)32-28(27-26(31-27)22-11-5-2-6-12-22)30(29(32)33,23-13-7-3-8-14-23)24-15-9-4-10-16-24/h2-20,27-28H,1H3. The highest BCUT2D eigenvalue weighted by Crippen LogP contribution is 2.53. The fourth-order valence-corrected chi connectivity index (χ4v) is 5.28. The lowest BCUT2D eigenvalue weighted by molar-refractivity contribution is -0.130. The first kappa shape index (κ1) is 19.7. The summed E-state index contributed by atoms with van der Waals surface area (Å²) in [5.41, 5.74) is 5.55. The van der Waals surface area contributed by atoms with Gasteiger partial charge in [-0.3, -0.25) is 9.79 Å². The van der Waals surface area contributed by atoms with Crippen LogP contribution in [0.4, 0.5) is 5.69 Å². The molecule has 0 spiro atoms. The fraction of sp³-hybridized carbons (Fsp3) is 0.133. The summed E-state index contributed by atoms with van der Waals surface area (Å²) in [6, 6.07) is 38.7. The van der Waals surface area contributed by atoms with Gasteiger partial charge in [-0.1, -0.05) is 109 Å². The third-order valence-electron chi connectivity index (χ3n) is 6.91. The fourth-order valence-electron chi connectivity index (χ4n) is 5.28. The Balaban J connectivity index is 1.52. The van der Waals surface area contributed by atoms with E-state index in [4.69, 9.17) is 4.99 Å². The van der Waals surface area contributed by atoms with Crippen molar-refractivity contribution >= 4 is 17.3 Å². The molecular weight excluding hydrogens is 404 g/mol. The van der Waals surface area contributed by atoms with E-state index in [1.165, 1.54) is 5.56 Å². The van der Waals surface area contributed by atoms with Crippen LogP contribution in [0.3, 0.4) is 0 Å². The molecule has 4 aromatic rings. The van der Waals surface area contributed by atoms with Crippen LogP contribution in [0.2, 0.25) is 0 Å². The highest BCUT2D eigenvalue weighted by Gasteiger charge is 2.68. The van der Waals surface area contributed by atoms with Crippen LogP contribution in [0, 0.1) is 6.92 Å². The van der Waals surface area contributed by atoms with Crippen molar-refractivity contribution in [2.45, 2.75) is 24.4 Å². The molecule has 2 heterocycles. The molecule has 0 N–H and O–H groups in total. The van der Waals surface area contributed by atoms with Gasteiger partial charge in [-0.15, -0.1) is 0 Å².